The van der Waals surface area contributed by atoms with Crippen molar-refractivity contribution in [3.05, 3.63) is 70.4 Å². The zero-order valence-corrected chi connectivity index (χ0v) is 19.8. The fourth-order valence-corrected chi connectivity index (χ4v) is 3.44. The van der Waals surface area contributed by atoms with Crippen molar-refractivity contribution in [1.29, 1.82) is 0 Å². The number of nitrogens with two attached hydrogens (primary N) is 2. The van der Waals surface area contributed by atoms with Crippen LogP contribution in [0.1, 0.15) is 46.0 Å². The average molecular weight is 475 g/mol. The van der Waals surface area contributed by atoms with Gasteiger partial charge < -0.3 is 25.7 Å². The lowest BCUT2D eigenvalue weighted by Crippen LogP contribution is -2.14. The van der Waals surface area contributed by atoms with E-state index in [2.05, 4.69) is 21.8 Å². The Labute approximate surface area is 203 Å². The van der Waals surface area contributed by atoms with Crippen LogP contribution in [0.4, 0.5) is 11.8 Å². The molecule has 0 spiro atoms. The standard InChI is InChI=1S/C26H26N4O5/c1-4-35-22(32)14-21(31)20-13-17(12-18-15-29-26(28)30-25(18)27)19(23(33-2)24(20)34-3)11-10-16-8-6-5-7-9-16/h5-9,13,15H,4,12,14H2,1-3H3,(H4,27,28,29,30). The topological polar surface area (TPSA) is 140 Å². The molecule has 0 fully saturated rings. The summed E-state index contributed by atoms with van der Waals surface area (Å²) in [6.45, 7) is 1.84. The second-order valence-electron chi connectivity index (χ2n) is 7.36. The molecule has 0 aliphatic carbocycles. The summed E-state index contributed by atoms with van der Waals surface area (Å²) in [6.07, 6.45) is 1.29. The molecule has 0 unspecified atom stereocenters. The molecule has 0 saturated carbocycles. The average Bonchev–Trinajstić information content (AvgIpc) is 2.84. The number of carbonyl (C=O) groups is 2. The van der Waals surface area contributed by atoms with E-state index < -0.39 is 18.2 Å². The number of aromatic nitrogens is 2. The number of nitrogen functional groups attached to an aromatic ring is 2. The van der Waals surface area contributed by atoms with E-state index >= 15 is 0 Å². The highest BCUT2D eigenvalue weighted by molar-refractivity contribution is 6.08. The minimum atomic E-state index is -0.635. The summed E-state index contributed by atoms with van der Waals surface area (Å²) in [4.78, 5) is 33.1. The van der Waals surface area contributed by atoms with Gasteiger partial charge in [-0.1, -0.05) is 30.0 Å². The minimum Gasteiger partial charge on any atom is -0.492 e. The molecule has 0 atom stereocenters. The number of hydrogen-bond donors (Lipinski definition) is 2. The number of anilines is 2. The van der Waals surface area contributed by atoms with Gasteiger partial charge in [0.2, 0.25) is 5.95 Å². The van der Waals surface area contributed by atoms with Gasteiger partial charge in [0.25, 0.3) is 0 Å². The lowest BCUT2D eigenvalue weighted by molar-refractivity contribution is -0.141. The Morgan fingerprint density at radius 1 is 1.00 bits per heavy atom. The number of esters is 1. The van der Waals surface area contributed by atoms with Crippen molar-refractivity contribution in [1.82, 2.24) is 9.97 Å². The highest BCUT2D eigenvalue weighted by Gasteiger charge is 2.25. The van der Waals surface area contributed by atoms with E-state index in [-0.39, 0.29) is 41.9 Å². The Morgan fingerprint density at radius 2 is 1.71 bits per heavy atom. The van der Waals surface area contributed by atoms with Crippen molar-refractivity contribution in [2.75, 3.05) is 32.3 Å². The van der Waals surface area contributed by atoms with Crippen molar-refractivity contribution in [2.45, 2.75) is 19.8 Å². The molecular weight excluding hydrogens is 448 g/mol. The Bertz CT molecular complexity index is 1300. The molecule has 9 nitrogen and oxygen atoms in total. The van der Waals surface area contributed by atoms with Crippen molar-refractivity contribution in [3.8, 4) is 23.3 Å². The largest absolute Gasteiger partial charge is 0.492 e. The van der Waals surface area contributed by atoms with Crippen LogP contribution in [-0.2, 0) is 16.0 Å². The Morgan fingerprint density at radius 3 is 2.34 bits per heavy atom. The minimum absolute atomic E-state index is 0.0490. The van der Waals surface area contributed by atoms with Crippen LogP contribution in [0.25, 0.3) is 0 Å². The molecule has 0 saturated heterocycles. The second kappa shape index (κ2) is 11.5. The molecule has 3 rings (SSSR count). The summed E-state index contributed by atoms with van der Waals surface area (Å²) in [7, 11) is 2.87. The molecule has 3 aromatic rings. The summed E-state index contributed by atoms with van der Waals surface area (Å²) in [6, 6.07) is 11.0. The zero-order chi connectivity index (χ0) is 25.4. The van der Waals surface area contributed by atoms with Gasteiger partial charge in [0.05, 0.1) is 32.0 Å². The lowest BCUT2D eigenvalue weighted by Gasteiger charge is -2.18. The van der Waals surface area contributed by atoms with Crippen molar-refractivity contribution in [3.63, 3.8) is 0 Å². The number of benzene rings is 2. The van der Waals surface area contributed by atoms with Crippen LogP contribution in [0.5, 0.6) is 11.5 Å². The van der Waals surface area contributed by atoms with Gasteiger partial charge in [-0.2, -0.15) is 4.98 Å². The number of ether oxygens (including phenoxy) is 3. The number of ketones is 1. The highest BCUT2D eigenvalue weighted by atomic mass is 16.5. The Hall–Kier alpha value is -4.58. The zero-order valence-electron chi connectivity index (χ0n) is 19.8. The van der Waals surface area contributed by atoms with Gasteiger partial charge in [-0.3, -0.25) is 9.59 Å². The van der Waals surface area contributed by atoms with E-state index in [4.69, 9.17) is 25.7 Å². The predicted octanol–water partition coefficient (Wildman–Crippen LogP) is 2.78. The van der Waals surface area contributed by atoms with Crippen LogP contribution in [-0.4, -0.2) is 42.5 Å². The molecule has 9 heteroatoms. The molecule has 180 valence electrons. The maximum Gasteiger partial charge on any atom is 0.313 e. The number of hydrogen-bond acceptors (Lipinski definition) is 9. The van der Waals surface area contributed by atoms with E-state index in [9.17, 15) is 9.59 Å². The third-order valence-corrected chi connectivity index (χ3v) is 5.04. The summed E-state index contributed by atoms with van der Waals surface area (Å²) >= 11 is 0. The monoisotopic (exact) mass is 474 g/mol. The van der Waals surface area contributed by atoms with E-state index in [1.165, 1.54) is 20.4 Å². The molecule has 0 aliphatic heterocycles. The number of rotatable bonds is 8. The van der Waals surface area contributed by atoms with Crippen LogP contribution >= 0.6 is 0 Å². The maximum atomic E-state index is 13.0. The molecule has 35 heavy (non-hydrogen) atoms. The van der Waals surface area contributed by atoms with Crippen molar-refractivity contribution >= 4 is 23.5 Å². The molecule has 0 radical (unpaired) electrons. The molecule has 0 aliphatic rings. The number of Topliss-reactive ketones (excluding diaryl/α,β-unsaturated/α-hetero) is 1. The summed E-state index contributed by atoms with van der Waals surface area (Å²) in [5.41, 5.74) is 14.3. The Balaban J connectivity index is 2.20. The van der Waals surface area contributed by atoms with E-state index in [0.717, 1.165) is 5.56 Å². The quantitative estimate of drug-likeness (QED) is 0.218. The van der Waals surface area contributed by atoms with Gasteiger partial charge in [0.15, 0.2) is 17.3 Å². The van der Waals surface area contributed by atoms with Crippen LogP contribution in [0.15, 0.2) is 42.6 Å². The molecule has 1 heterocycles. The number of methoxy groups -OCH3 is 2. The fourth-order valence-electron chi connectivity index (χ4n) is 3.44. The van der Waals surface area contributed by atoms with Crippen LogP contribution < -0.4 is 20.9 Å². The van der Waals surface area contributed by atoms with Crippen LogP contribution in [0.2, 0.25) is 0 Å². The highest BCUT2D eigenvalue weighted by Crippen LogP contribution is 2.38. The first-order chi connectivity index (χ1) is 16.9. The van der Waals surface area contributed by atoms with E-state index in [1.54, 1.807) is 13.0 Å². The van der Waals surface area contributed by atoms with Crippen LogP contribution in [0, 0.1) is 11.8 Å². The normalized spacial score (nSPS) is 10.1. The smallest absolute Gasteiger partial charge is 0.313 e. The van der Waals surface area contributed by atoms with Crippen LogP contribution in [0.3, 0.4) is 0 Å². The first-order valence-corrected chi connectivity index (χ1v) is 10.8. The molecule has 0 bridgehead atoms. The third kappa shape index (κ3) is 6.06. The second-order valence-corrected chi connectivity index (χ2v) is 7.36. The molecule has 0 amide bonds. The summed E-state index contributed by atoms with van der Waals surface area (Å²) < 4.78 is 16.1. The third-order valence-electron chi connectivity index (χ3n) is 5.04. The summed E-state index contributed by atoms with van der Waals surface area (Å²) in [5, 5.41) is 0. The van der Waals surface area contributed by atoms with E-state index in [1.807, 2.05) is 30.3 Å². The van der Waals surface area contributed by atoms with Gasteiger partial charge in [-0.15, -0.1) is 0 Å². The maximum absolute atomic E-state index is 13.0. The van der Waals surface area contributed by atoms with Gasteiger partial charge in [0, 0.05) is 23.7 Å². The van der Waals surface area contributed by atoms with Gasteiger partial charge in [-0.25, -0.2) is 4.98 Å². The molecule has 2 aromatic carbocycles. The van der Waals surface area contributed by atoms with Gasteiger partial charge in [0.1, 0.15) is 12.2 Å². The molecular formula is C26H26N4O5. The molecule has 4 N–H and O–H groups in total. The predicted molar refractivity (Wildman–Crippen MR) is 131 cm³/mol. The first-order valence-electron chi connectivity index (χ1n) is 10.8. The Kier molecular flexibility index (Phi) is 8.24. The fraction of sp³-hybridized carbons (Fsp3) is 0.231. The number of carbonyl (C=O) groups excluding carboxylic acids is 2. The van der Waals surface area contributed by atoms with Crippen molar-refractivity contribution < 1.29 is 23.8 Å². The molecule has 1 aromatic heterocycles. The first kappa shape index (κ1) is 25.1. The summed E-state index contributed by atoms with van der Waals surface area (Å²) in [5.74, 6) is 5.81. The van der Waals surface area contributed by atoms with Crippen molar-refractivity contribution in [2.24, 2.45) is 0 Å². The van der Waals surface area contributed by atoms with Gasteiger partial charge in [-0.05, 0) is 30.7 Å². The van der Waals surface area contributed by atoms with Gasteiger partial charge >= 0.3 is 5.97 Å². The number of nitrogens with zero attached hydrogens (tertiary/aromatic N) is 2. The lowest BCUT2D eigenvalue weighted by atomic mass is 9.94. The van der Waals surface area contributed by atoms with E-state index in [0.29, 0.717) is 16.7 Å². The SMILES string of the molecule is CCOC(=O)CC(=O)c1cc(Cc2cnc(N)nc2N)c(C#Cc2ccccc2)c(OC)c1OC.